The van der Waals surface area contributed by atoms with Crippen LogP contribution in [-0.4, -0.2) is 32.8 Å². The van der Waals surface area contributed by atoms with Gasteiger partial charge in [-0.05, 0) is 37.1 Å². The van der Waals surface area contributed by atoms with Gasteiger partial charge in [-0.1, -0.05) is 17.7 Å². The zero-order valence-electron chi connectivity index (χ0n) is 12.0. The van der Waals surface area contributed by atoms with Gasteiger partial charge in [0, 0.05) is 31.1 Å². The number of hydrogen-bond acceptors (Lipinski definition) is 3. The lowest BCUT2D eigenvalue weighted by atomic mass is 9.96. The monoisotopic (exact) mass is 308 g/mol. The highest BCUT2D eigenvalue weighted by Crippen LogP contribution is 2.27. The largest absolute Gasteiger partial charge is 0.320 e. The van der Waals surface area contributed by atoms with E-state index in [0.29, 0.717) is 10.9 Å². The Kier molecular flexibility index (Phi) is 4.22. The Labute approximate surface area is 128 Å². The molecule has 0 unspecified atom stereocenters. The van der Waals surface area contributed by atoms with Gasteiger partial charge in [0.25, 0.3) is 0 Å². The fourth-order valence-corrected chi connectivity index (χ4v) is 3.19. The van der Waals surface area contributed by atoms with Crippen molar-refractivity contribution in [2.75, 3.05) is 13.1 Å². The summed E-state index contributed by atoms with van der Waals surface area (Å²) in [7, 11) is 1.98. The van der Waals surface area contributed by atoms with E-state index in [2.05, 4.69) is 15.1 Å². The Bertz CT molecular complexity index is 628. The lowest BCUT2D eigenvalue weighted by Gasteiger charge is -2.32. The van der Waals surface area contributed by atoms with Crippen LogP contribution in [0.1, 0.15) is 30.1 Å². The second kappa shape index (κ2) is 6.12. The van der Waals surface area contributed by atoms with E-state index >= 15 is 0 Å². The van der Waals surface area contributed by atoms with Gasteiger partial charge in [0.2, 0.25) is 0 Å². The third-order valence-corrected chi connectivity index (χ3v) is 4.38. The van der Waals surface area contributed by atoms with Crippen LogP contribution >= 0.6 is 11.6 Å². The Morgan fingerprint density at radius 1 is 1.43 bits per heavy atom. The molecule has 0 spiro atoms. The summed E-state index contributed by atoms with van der Waals surface area (Å²) >= 11 is 6.12. The molecule has 21 heavy (non-hydrogen) atoms. The summed E-state index contributed by atoms with van der Waals surface area (Å²) in [4.78, 5) is 2.35. The molecule has 3 rings (SSSR count). The maximum absolute atomic E-state index is 13.1. The first-order valence-corrected chi connectivity index (χ1v) is 7.51. The molecule has 112 valence electrons. The zero-order valence-corrected chi connectivity index (χ0v) is 12.7. The molecule has 2 aromatic rings. The molecule has 0 radical (unpaired) electrons. The van der Waals surface area contributed by atoms with Crippen molar-refractivity contribution >= 4 is 11.6 Å². The van der Waals surface area contributed by atoms with Crippen molar-refractivity contribution in [1.29, 1.82) is 0 Å². The Morgan fingerprint density at radius 3 is 3.00 bits per heavy atom. The normalized spacial score (nSPS) is 19.9. The van der Waals surface area contributed by atoms with Gasteiger partial charge in [-0.15, -0.1) is 10.2 Å². The van der Waals surface area contributed by atoms with E-state index in [-0.39, 0.29) is 5.82 Å². The maximum atomic E-state index is 13.1. The number of hydrogen-bond donors (Lipinski definition) is 0. The first-order valence-electron chi connectivity index (χ1n) is 7.13. The maximum Gasteiger partial charge on any atom is 0.136 e. The van der Waals surface area contributed by atoms with E-state index in [9.17, 15) is 4.39 Å². The van der Waals surface area contributed by atoms with Crippen molar-refractivity contribution in [2.24, 2.45) is 7.05 Å². The fraction of sp³-hybridized carbons (Fsp3) is 0.467. The van der Waals surface area contributed by atoms with Crippen LogP contribution < -0.4 is 0 Å². The zero-order chi connectivity index (χ0) is 14.8. The summed E-state index contributed by atoms with van der Waals surface area (Å²) in [6.45, 7) is 2.70. The van der Waals surface area contributed by atoms with Crippen LogP contribution in [0.3, 0.4) is 0 Å². The minimum atomic E-state index is -0.292. The van der Waals surface area contributed by atoms with E-state index in [0.717, 1.165) is 43.9 Å². The predicted octanol–water partition coefficient (Wildman–Crippen LogP) is 2.99. The highest BCUT2D eigenvalue weighted by Gasteiger charge is 2.25. The Hall–Kier alpha value is -1.46. The van der Waals surface area contributed by atoms with Crippen LogP contribution in [-0.2, 0) is 13.6 Å². The quantitative estimate of drug-likeness (QED) is 0.874. The van der Waals surface area contributed by atoms with E-state index in [4.69, 9.17) is 11.6 Å². The molecule has 1 fully saturated rings. The van der Waals surface area contributed by atoms with Crippen molar-refractivity contribution in [2.45, 2.75) is 25.3 Å². The molecule has 0 bridgehead atoms. The second-order valence-electron chi connectivity index (χ2n) is 5.61. The van der Waals surface area contributed by atoms with Gasteiger partial charge in [-0.3, -0.25) is 4.90 Å². The summed E-state index contributed by atoms with van der Waals surface area (Å²) < 4.78 is 15.1. The number of benzene rings is 1. The van der Waals surface area contributed by atoms with E-state index in [1.165, 1.54) is 12.1 Å². The number of halogens is 2. The topological polar surface area (TPSA) is 34.0 Å². The lowest BCUT2D eigenvalue weighted by molar-refractivity contribution is 0.195. The van der Waals surface area contributed by atoms with Gasteiger partial charge in [-0.25, -0.2) is 4.39 Å². The summed E-state index contributed by atoms with van der Waals surface area (Å²) in [5, 5.41) is 8.68. The molecule has 0 saturated carbocycles. The SMILES string of the molecule is Cn1cnnc1[C@@H]1CCCN(Cc2ccc(F)cc2Cl)C1. The standard InChI is InChI=1S/C15H18ClFN4/c1-20-10-18-19-15(20)12-3-2-6-21(9-12)8-11-4-5-13(17)7-14(11)16/h4-5,7,10,12H,2-3,6,8-9H2,1H3/t12-/m1/s1. The van der Waals surface area contributed by atoms with Gasteiger partial charge in [0.05, 0.1) is 0 Å². The molecule has 1 aromatic carbocycles. The van der Waals surface area contributed by atoms with Gasteiger partial charge in [-0.2, -0.15) is 0 Å². The highest BCUT2D eigenvalue weighted by atomic mass is 35.5. The van der Waals surface area contributed by atoms with Crippen LogP contribution in [0.2, 0.25) is 5.02 Å². The molecular formula is C15H18ClFN4. The summed E-state index contributed by atoms with van der Waals surface area (Å²) in [5.74, 6) is 1.13. The predicted molar refractivity (Wildman–Crippen MR) is 79.7 cm³/mol. The molecule has 1 aromatic heterocycles. The Morgan fingerprint density at radius 2 is 2.29 bits per heavy atom. The van der Waals surface area contributed by atoms with Crippen molar-refractivity contribution in [1.82, 2.24) is 19.7 Å². The van der Waals surface area contributed by atoms with Gasteiger partial charge >= 0.3 is 0 Å². The van der Waals surface area contributed by atoms with Crippen LogP contribution in [0.25, 0.3) is 0 Å². The summed E-state index contributed by atoms with van der Waals surface area (Å²) in [6, 6.07) is 4.61. The van der Waals surface area contributed by atoms with E-state index in [1.807, 2.05) is 11.6 Å². The van der Waals surface area contributed by atoms with Crippen LogP contribution in [0.4, 0.5) is 4.39 Å². The molecule has 1 saturated heterocycles. The molecule has 6 heteroatoms. The number of rotatable bonds is 3. The molecule has 1 aliphatic heterocycles. The molecule has 0 N–H and O–H groups in total. The molecule has 0 amide bonds. The minimum Gasteiger partial charge on any atom is -0.320 e. The molecule has 2 heterocycles. The molecule has 1 atom stereocenters. The van der Waals surface area contributed by atoms with Crippen molar-refractivity contribution in [3.8, 4) is 0 Å². The number of piperidine rings is 1. The van der Waals surface area contributed by atoms with Gasteiger partial charge in [0.15, 0.2) is 0 Å². The molecular weight excluding hydrogens is 291 g/mol. The van der Waals surface area contributed by atoms with E-state index in [1.54, 1.807) is 12.4 Å². The fourth-order valence-electron chi connectivity index (χ4n) is 2.96. The Balaban J connectivity index is 1.70. The van der Waals surface area contributed by atoms with Crippen molar-refractivity contribution in [3.63, 3.8) is 0 Å². The molecule has 0 aliphatic carbocycles. The number of nitrogens with zero attached hydrogens (tertiary/aromatic N) is 4. The highest BCUT2D eigenvalue weighted by molar-refractivity contribution is 6.31. The molecule has 4 nitrogen and oxygen atoms in total. The van der Waals surface area contributed by atoms with Crippen LogP contribution in [0, 0.1) is 5.82 Å². The first-order chi connectivity index (χ1) is 10.1. The number of aromatic nitrogens is 3. The minimum absolute atomic E-state index is 0.292. The van der Waals surface area contributed by atoms with Crippen LogP contribution in [0.15, 0.2) is 24.5 Å². The third kappa shape index (κ3) is 3.24. The van der Waals surface area contributed by atoms with E-state index < -0.39 is 0 Å². The second-order valence-corrected chi connectivity index (χ2v) is 6.02. The van der Waals surface area contributed by atoms with Gasteiger partial charge in [0.1, 0.15) is 18.0 Å². The smallest absolute Gasteiger partial charge is 0.136 e. The number of likely N-dealkylation sites (tertiary alicyclic amines) is 1. The van der Waals surface area contributed by atoms with Crippen LogP contribution in [0.5, 0.6) is 0 Å². The van der Waals surface area contributed by atoms with Crippen molar-refractivity contribution < 1.29 is 4.39 Å². The summed E-state index contributed by atoms with van der Waals surface area (Å²) in [6.07, 6.45) is 3.99. The third-order valence-electron chi connectivity index (χ3n) is 4.03. The first kappa shape index (κ1) is 14.5. The molecule has 1 aliphatic rings. The average molecular weight is 309 g/mol. The average Bonchev–Trinajstić information content (AvgIpc) is 2.89. The van der Waals surface area contributed by atoms with Gasteiger partial charge < -0.3 is 4.57 Å². The van der Waals surface area contributed by atoms with Crippen molar-refractivity contribution in [3.05, 3.63) is 46.8 Å². The number of aryl methyl sites for hydroxylation is 1. The summed E-state index contributed by atoms with van der Waals surface area (Å²) in [5.41, 5.74) is 0.969. The lowest BCUT2D eigenvalue weighted by Crippen LogP contribution is -2.34.